The molecule has 0 bridgehead atoms. The molecule has 0 radical (unpaired) electrons. The van der Waals surface area contributed by atoms with E-state index in [-0.39, 0.29) is 12.1 Å². The number of carbonyl (C=O) groups is 1. The zero-order chi connectivity index (χ0) is 17.1. The smallest absolute Gasteiger partial charge is 0.315 e. The fraction of sp³-hybridized carbons (Fsp3) is 0.333. The molecular weight excluding hydrogens is 327 g/mol. The van der Waals surface area contributed by atoms with Crippen LogP contribution in [0.25, 0.3) is 0 Å². The molecule has 8 heteroatoms. The molecular formula is C15H16F3N3OS. The van der Waals surface area contributed by atoms with E-state index in [0.29, 0.717) is 0 Å². The molecule has 1 aromatic heterocycles. The number of nitrogens with zero attached hydrogens (tertiary/aromatic N) is 1. The molecule has 2 N–H and O–H groups in total. The summed E-state index contributed by atoms with van der Waals surface area (Å²) in [6, 6.07) is 0.529. The van der Waals surface area contributed by atoms with Gasteiger partial charge in [-0.15, -0.1) is 11.3 Å². The van der Waals surface area contributed by atoms with Crippen molar-refractivity contribution in [3.05, 3.63) is 50.7 Å². The second-order valence-electron chi connectivity index (χ2n) is 5.10. The maximum atomic E-state index is 13.2. The molecule has 0 aliphatic carbocycles. The lowest BCUT2D eigenvalue weighted by Crippen LogP contribution is -2.36. The minimum absolute atomic E-state index is 0.137. The van der Waals surface area contributed by atoms with E-state index in [1.165, 1.54) is 11.3 Å². The lowest BCUT2D eigenvalue weighted by molar-refractivity contribution is 0.237. The average molecular weight is 343 g/mol. The number of aryl methyl sites for hydroxylation is 2. The maximum Gasteiger partial charge on any atom is 0.315 e. The summed E-state index contributed by atoms with van der Waals surface area (Å²) in [7, 11) is 0. The van der Waals surface area contributed by atoms with Crippen LogP contribution >= 0.6 is 11.3 Å². The molecule has 2 rings (SSSR count). The van der Waals surface area contributed by atoms with Crippen molar-refractivity contribution in [1.29, 1.82) is 0 Å². The fourth-order valence-electron chi connectivity index (χ4n) is 1.93. The maximum absolute atomic E-state index is 13.2. The molecule has 0 spiro atoms. The van der Waals surface area contributed by atoms with Crippen LogP contribution in [0.2, 0.25) is 0 Å². The zero-order valence-electron chi connectivity index (χ0n) is 12.8. The van der Waals surface area contributed by atoms with Gasteiger partial charge in [-0.25, -0.2) is 22.9 Å². The Bertz CT molecular complexity index is 690. The molecule has 0 aliphatic heterocycles. The zero-order valence-corrected chi connectivity index (χ0v) is 13.7. The van der Waals surface area contributed by atoms with Crippen LogP contribution in [0.5, 0.6) is 0 Å². The summed E-state index contributed by atoms with van der Waals surface area (Å²) in [5, 5.41) is 5.92. The van der Waals surface area contributed by atoms with Gasteiger partial charge in [0, 0.05) is 4.88 Å². The number of nitrogens with one attached hydrogen (secondary N) is 2. The van der Waals surface area contributed by atoms with Crippen LogP contribution in [0.3, 0.4) is 0 Å². The standard InChI is InChI=1S/C15H16F3N3OS/c1-7-9(3)23-13(20-7)6-19-15(22)21-8(2)10-4-11(16)14(18)12(17)5-10/h4-5,8H,6H2,1-3H3,(H2,19,21,22)/t8-/m1/s1. The normalized spacial score (nSPS) is 12.1. The van der Waals surface area contributed by atoms with Gasteiger partial charge in [0.25, 0.3) is 0 Å². The van der Waals surface area contributed by atoms with E-state index in [0.717, 1.165) is 27.7 Å². The molecule has 0 fully saturated rings. The van der Waals surface area contributed by atoms with E-state index in [1.54, 1.807) is 6.92 Å². The highest BCUT2D eigenvalue weighted by molar-refractivity contribution is 7.11. The van der Waals surface area contributed by atoms with Crippen molar-refractivity contribution < 1.29 is 18.0 Å². The highest BCUT2D eigenvalue weighted by Gasteiger charge is 2.16. The van der Waals surface area contributed by atoms with E-state index < -0.39 is 29.5 Å². The summed E-state index contributed by atoms with van der Waals surface area (Å²) in [5.41, 5.74) is 1.05. The molecule has 0 unspecified atom stereocenters. The Kier molecular flexibility index (Phi) is 5.25. The Labute approximate surface area is 135 Å². The third-order valence-electron chi connectivity index (χ3n) is 3.33. The Morgan fingerprint density at radius 3 is 2.39 bits per heavy atom. The molecule has 1 heterocycles. The lowest BCUT2D eigenvalue weighted by Gasteiger charge is -2.15. The number of benzene rings is 1. The third kappa shape index (κ3) is 4.22. The van der Waals surface area contributed by atoms with Gasteiger partial charge in [-0.1, -0.05) is 0 Å². The van der Waals surface area contributed by atoms with Gasteiger partial charge in [-0.05, 0) is 38.5 Å². The lowest BCUT2D eigenvalue weighted by atomic mass is 10.1. The van der Waals surface area contributed by atoms with Crippen LogP contribution in [-0.4, -0.2) is 11.0 Å². The summed E-state index contributed by atoms with van der Waals surface area (Å²) in [6.45, 7) is 5.62. The number of urea groups is 1. The highest BCUT2D eigenvalue weighted by atomic mass is 32.1. The largest absolute Gasteiger partial charge is 0.332 e. The third-order valence-corrected chi connectivity index (χ3v) is 4.40. The Hall–Kier alpha value is -2.09. The van der Waals surface area contributed by atoms with Crippen molar-refractivity contribution in [2.45, 2.75) is 33.4 Å². The van der Waals surface area contributed by atoms with Gasteiger partial charge in [0.15, 0.2) is 17.5 Å². The van der Waals surface area contributed by atoms with Gasteiger partial charge in [0.05, 0.1) is 18.3 Å². The number of aromatic nitrogens is 1. The van der Waals surface area contributed by atoms with Crippen molar-refractivity contribution in [3.8, 4) is 0 Å². The number of thiazole rings is 1. The number of halogens is 3. The van der Waals surface area contributed by atoms with E-state index in [4.69, 9.17) is 0 Å². The van der Waals surface area contributed by atoms with E-state index in [9.17, 15) is 18.0 Å². The minimum Gasteiger partial charge on any atom is -0.332 e. The number of hydrogen-bond acceptors (Lipinski definition) is 3. The van der Waals surface area contributed by atoms with Crippen molar-refractivity contribution in [1.82, 2.24) is 15.6 Å². The number of amides is 2. The molecule has 0 aliphatic rings. The number of rotatable bonds is 4. The molecule has 4 nitrogen and oxygen atoms in total. The first-order valence-corrected chi connectivity index (χ1v) is 7.71. The van der Waals surface area contributed by atoms with Gasteiger partial charge < -0.3 is 10.6 Å². The van der Waals surface area contributed by atoms with Crippen molar-refractivity contribution in [2.75, 3.05) is 0 Å². The fourth-order valence-corrected chi connectivity index (χ4v) is 2.80. The van der Waals surface area contributed by atoms with Crippen molar-refractivity contribution in [3.63, 3.8) is 0 Å². The predicted octanol–water partition coefficient (Wildman–Crippen LogP) is 3.74. The minimum atomic E-state index is -1.53. The van der Waals surface area contributed by atoms with Crippen molar-refractivity contribution in [2.24, 2.45) is 0 Å². The number of carbonyl (C=O) groups excluding carboxylic acids is 1. The Morgan fingerprint density at radius 1 is 1.26 bits per heavy atom. The second kappa shape index (κ2) is 6.99. The Morgan fingerprint density at radius 2 is 1.87 bits per heavy atom. The van der Waals surface area contributed by atoms with Crippen LogP contribution in [0.4, 0.5) is 18.0 Å². The summed E-state index contributed by atoms with van der Waals surface area (Å²) < 4.78 is 39.3. The van der Waals surface area contributed by atoms with Gasteiger partial charge >= 0.3 is 6.03 Å². The van der Waals surface area contributed by atoms with Crippen molar-refractivity contribution >= 4 is 17.4 Å². The van der Waals surface area contributed by atoms with Gasteiger partial charge in [0.2, 0.25) is 0 Å². The predicted molar refractivity (Wildman–Crippen MR) is 81.7 cm³/mol. The molecule has 0 saturated carbocycles. The van der Waals surface area contributed by atoms with E-state index in [2.05, 4.69) is 15.6 Å². The molecule has 2 amide bonds. The monoisotopic (exact) mass is 343 g/mol. The summed E-state index contributed by atoms with van der Waals surface area (Å²) >= 11 is 1.48. The molecule has 1 atom stereocenters. The Balaban J connectivity index is 1.94. The summed E-state index contributed by atoms with van der Waals surface area (Å²) in [4.78, 5) is 17.2. The summed E-state index contributed by atoms with van der Waals surface area (Å²) in [6.07, 6.45) is 0. The molecule has 124 valence electrons. The van der Waals surface area contributed by atoms with Crippen LogP contribution in [-0.2, 0) is 6.54 Å². The molecule has 2 aromatic rings. The molecule has 0 saturated heterocycles. The first-order chi connectivity index (χ1) is 10.8. The van der Waals surface area contributed by atoms with Gasteiger partial charge in [-0.2, -0.15) is 0 Å². The highest BCUT2D eigenvalue weighted by Crippen LogP contribution is 2.19. The first-order valence-electron chi connectivity index (χ1n) is 6.89. The first kappa shape index (κ1) is 17.3. The van der Waals surface area contributed by atoms with Crippen LogP contribution in [0.15, 0.2) is 12.1 Å². The average Bonchev–Trinajstić information content (AvgIpc) is 2.80. The molecule has 1 aromatic carbocycles. The van der Waals surface area contributed by atoms with Gasteiger partial charge in [0.1, 0.15) is 5.01 Å². The second-order valence-corrected chi connectivity index (χ2v) is 6.38. The topological polar surface area (TPSA) is 54.0 Å². The summed E-state index contributed by atoms with van der Waals surface area (Å²) in [5.74, 6) is -4.11. The molecule has 23 heavy (non-hydrogen) atoms. The quantitative estimate of drug-likeness (QED) is 0.831. The van der Waals surface area contributed by atoms with E-state index >= 15 is 0 Å². The number of hydrogen-bond donors (Lipinski definition) is 2. The SMILES string of the molecule is Cc1nc(CNC(=O)N[C@H](C)c2cc(F)c(F)c(F)c2)sc1C. The van der Waals surface area contributed by atoms with E-state index in [1.807, 2.05) is 13.8 Å². The van der Waals surface area contributed by atoms with Crippen LogP contribution < -0.4 is 10.6 Å². The van der Waals surface area contributed by atoms with Crippen LogP contribution in [0, 0.1) is 31.3 Å². The van der Waals surface area contributed by atoms with Gasteiger partial charge in [-0.3, -0.25) is 0 Å². The van der Waals surface area contributed by atoms with Crippen LogP contribution in [0.1, 0.15) is 34.1 Å².